The Morgan fingerprint density at radius 2 is 1.74 bits per heavy atom. The van der Waals surface area contributed by atoms with Gasteiger partial charge in [0.1, 0.15) is 28.8 Å². The van der Waals surface area contributed by atoms with Gasteiger partial charge in [0.2, 0.25) is 10.9 Å². The predicted octanol–water partition coefficient (Wildman–Crippen LogP) is 7.18. The van der Waals surface area contributed by atoms with Gasteiger partial charge >= 0.3 is 11.8 Å². The fourth-order valence-corrected chi connectivity index (χ4v) is 9.39. The first-order chi connectivity index (χ1) is 29.4. The molecule has 0 saturated carbocycles. The number of rotatable bonds is 3. The molecule has 3 aliphatic rings. The van der Waals surface area contributed by atoms with Gasteiger partial charge in [-0.2, -0.15) is 0 Å². The lowest BCUT2D eigenvalue weighted by atomic mass is 9.82. The van der Waals surface area contributed by atoms with Crippen molar-refractivity contribution < 1.29 is 38.4 Å². The number of carbonyl (C=O) groups is 2. The van der Waals surface area contributed by atoms with E-state index in [9.17, 15) is 29.4 Å². The molecule has 1 aromatic heterocycles. The number of aromatic hydroxyl groups is 1. The predicted molar refractivity (Wildman–Crippen MR) is 240 cm³/mol. The summed E-state index contributed by atoms with van der Waals surface area (Å²) in [6.45, 7) is 15.8. The number of nitrogens with zero attached hydrogens (tertiary/aromatic N) is 2. The Morgan fingerprint density at radius 1 is 1.02 bits per heavy atom. The molecule has 1 fully saturated rings. The number of ether oxygens (including phenoxy) is 3. The van der Waals surface area contributed by atoms with Gasteiger partial charge in [-0.25, -0.2) is 4.98 Å². The molecule has 0 spiro atoms. The van der Waals surface area contributed by atoms with Gasteiger partial charge in [-0.15, -0.1) is 0 Å². The number of piperidine rings is 1. The van der Waals surface area contributed by atoms with Crippen LogP contribution < -0.4 is 36.3 Å². The van der Waals surface area contributed by atoms with Crippen LogP contribution in [0.4, 0.5) is 11.4 Å². The molecule has 14 nitrogen and oxygen atoms in total. The van der Waals surface area contributed by atoms with Crippen molar-refractivity contribution >= 4 is 62.0 Å². The molecule has 3 aliphatic heterocycles. The van der Waals surface area contributed by atoms with Gasteiger partial charge in [-0.05, 0) is 82.7 Å². The zero-order chi connectivity index (χ0) is 44.8. The highest BCUT2D eigenvalue weighted by molar-refractivity contribution is 6.16. The van der Waals surface area contributed by atoms with Gasteiger partial charge in [-0.1, -0.05) is 45.9 Å². The first kappa shape index (κ1) is 44.2. The summed E-state index contributed by atoms with van der Waals surface area (Å²) in [7, 11) is 1.93. The van der Waals surface area contributed by atoms with E-state index in [1.165, 1.54) is 33.1 Å². The number of benzene rings is 3. The third-order valence-electron chi connectivity index (χ3n) is 12.7. The minimum atomic E-state index is -1.83. The van der Waals surface area contributed by atoms with Gasteiger partial charge in [0, 0.05) is 67.3 Å². The highest BCUT2D eigenvalue weighted by Crippen LogP contribution is 2.42. The number of hydrogen-bond donors (Lipinski definition) is 4. The van der Waals surface area contributed by atoms with Gasteiger partial charge in [-0.3, -0.25) is 19.2 Å². The number of anilines is 2. The number of nitrogens with one attached hydrogen (secondary N) is 2. The monoisotopic (exact) mass is 850 g/mol. The minimum absolute atomic E-state index is 0.0146. The highest BCUT2D eigenvalue weighted by Gasteiger charge is 2.43. The van der Waals surface area contributed by atoms with Crippen LogP contribution in [-0.2, 0) is 19.1 Å². The number of esters is 1. The molecular weight excluding hydrogens is 793 g/mol. The number of phenols is 1. The van der Waals surface area contributed by atoms with E-state index < -0.39 is 34.1 Å². The van der Waals surface area contributed by atoms with Crippen molar-refractivity contribution in [2.24, 2.45) is 23.7 Å². The number of aromatic nitrogens is 1. The number of phenolic OH excluding ortho intramolecular Hbond substituents is 1. The number of fused-ring (bicyclic) bond motifs is 5. The Labute approximate surface area is 360 Å². The van der Waals surface area contributed by atoms with E-state index >= 15 is 0 Å². The van der Waals surface area contributed by atoms with E-state index in [1.54, 1.807) is 25.1 Å². The van der Waals surface area contributed by atoms with Crippen LogP contribution in [-0.4, -0.2) is 65.1 Å². The molecule has 1 amide bonds. The maximum Gasteiger partial charge on any atom is 0.307 e. The molecule has 0 unspecified atom stereocenters. The van der Waals surface area contributed by atoms with Crippen molar-refractivity contribution in [3.63, 3.8) is 0 Å². The fourth-order valence-electron chi connectivity index (χ4n) is 9.39. The summed E-state index contributed by atoms with van der Waals surface area (Å²) in [5.41, 5.74) is -0.669. The zero-order valence-electron chi connectivity index (χ0n) is 37.0. The summed E-state index contributed by atoms with van der Waals surface area (Å²) in [6.07, 6.45) is 12.2. The number of aliphatic hydroxyl groups is 1. The summed E-state index contributed by atoms with van der Waals surface area (Å²) in [4.78, 5) is 61.8. The van der Waals surface area contributed by atoms with Crippen LogP contribution in [0.5, 0.6) is 11.5 Å². The molecule has 4 N–H and O–H groups in total. The number of aliphatic hydroxyl groups excluding tert-OH is 1. The first-order valence-corrected chi connectivity index (χ1v) is 21.6. The average molecular weight is 851 g/mol. The lowest BCUT2D eigenvalue weighted by Crippen LogP contribution is -2.41. The Balaban J connectivity index is 1.45. The van der Waals surface area contributed by atoms with E-state index in [4.69, 9.17) is 23.6 Å². The molecule has 0 aliphatic carbocycles. The van der Waals surface area contributed by atoms with E-state index in [2.05, 4.69) is 36.3 Å². The largest absolute Gasteiger partial charge is 0.507 e. The molecule has 4 heterocycles. The van der Waals surface area contributed by atoms with Crippen molar-refractivity contribution in [2.45, 2.75) is 105 Å². The maximum atomic E-state index is 14.8. The molecule has 4 aromatic rings. The summed E-state index contributed by atoms with van der Waals surface area (Å²) in [5.74, 6) is -3.25. The molecular formula is C48H58N4O10. The van der Waals surface area contributed by atoms with Crippen molar-refractivity contribution in [1.82, 2.24) is 10.3 Å². The Hall–Kier alpha value is -5.89. The number of amides is 1. The second-order valence-electron chi connectivity index (χ2n) is 17.8. The molecule has 1 saturated heterocycles. The lowest BCUT2D eigenvalue weighted by Gasteiger charge is -2.33. The van der Waals surface area contributed by atoms with Crippen molar-refractivity contribution in [2.75, 3.05) is 30.4 Å². The summed E-state index contributed by atoms with van der Waals surface area (Å²) < 4.78 is 24.8. The van der Waals surface area contributed by atoms with Gasteiger partial charge in [0.05, 0.1) is 16.9 Å². The van der Waals surface area contributed by atoms with Crippen molar-refractivity contribution in [3.05, 3.63) is 79.5 Å². The van der Waals surface area contributed by atoms with Crippen LogP contribution in [0.3, 0.4) is 0 Å². The second kappa shape index (κ2) is 17.5. The Kier molecular flexibility index (Phi) is 12.4. The quantitative estimate of drug-likeness (QED) is 0.0923. The normalized spacial score (nSPS) is 27.5. The van der Waals surface area contributed by atoms with Crippen LogP contribution >= 0.6 is 0 Å². The van der Waals surface area contributed by atoms with Crippen molar-refractivity contribution in [3.8, 4) is 11.5 Å². The van der Waals surface area contributed by atoms with E-state index in [1.807, 2.05) is 26.1 Å². The number of carbonyl (C=O) groups excluding carboxylic acids is 2. The van der Waals surface area contributed by atoms with Gasteiger partial charge < -0.3 is 44.4 Å². The van der Waals surface area contributed by atoms with Crippen LogP contribution in [0.2, 0.25) is 0 Å². The molecule has 330 valence electrons. The van der Waals surface area contributed by atoms with Gasteiger partial charge in [0.25, 0.3) is 5.91 Å². The molecule has 5 bridgehead atoms. The standard InChI is InChI=1S/C48H58N4O10/c1-24-12-10-13-27(4)47(58)51-40-42(56)36-35(39-45(40)61-34-23-32(22-33(54)38(34)50-39)52-17-15-31(49-9)16-18-52)37-44(29(6)41(36)55)62-48(8,46(37)57)59-19-11-14-26(3)43(60-30(7)53)28(5)21-25(2)20-24/h10-13,19,22-26,28,31,43,49,55,57H,14-18,20-21H2,1-9H3,(H,51,58)/b12-10+,19-11+,27-13-/t24-,25+,26+,28+,43+,48-/m0/s1. The molecule has 14 heteroatoms. The van der Waals surface area contributed by atoms with Crippen LogP contribution in [0.15, 0.2) is 62.3 Å². The maximum absolute atomic E-state index is 14.8. The van der Waals surface area contributed by atoms with Crippen LogP contribution in [0.25, 0.3) is 38.7 Å². The minimum Gasteiger partial charge on any atom is -0.507 e. The average Bonchev–Trinajstić information content (AvgIpc) is 3.49. The number of allylic oxidation sites excluding steroid dienone is 4. The zero-order valence-corrected chi connectivity index (χ0v) is 37.0. The van der Waals surface area contributed by atoms with E-state index in [-0.39, 0.29) is 90.6 Å². The highest BCUT2D eigenvalue weighted by atomic mass is 16.7. The Morgan fingerprint density at radius 3 is 2.44 bits per heavy atom. The third kappa shape index (κ3) is 8.36. The first-order valence-electron chi connectivity index (χ1n) is 21.6. The lowest BCUT2D eigenvalue weighted by molar-refractivity contribution is -0.152. The van der Waals surface area contributed by atoms with Gasteiger partial charge in [0.15, 0.2) is 22.4 Å². The smallest absolute Gasteiger partial charge is 0.307 e. The summed E-state index contributed by atoms with van der Waals surface area (Å²) in [5, 5.41) is 29.6. The van der Waals surface area contributed by atoms with E-state index in [0.29, 0.717) is 37.2 Å². The van der Waals surface area contributed by atoms with Crippen LogP contribution in [0, 0.1) is 30.6 Å². The molecule has 7 rings (SSSR count). The molecule has 3 aromatic carbocycles. The summed E-state index contributed by atoms with van der Waals surface area (Å²) >= 11 is 0. The fraction of sp³-hybridized carbons (Fsp3) is 0.479. The van der Waals surface area contributed by atoms with Crippen LogP contribution in [0.1, 0.15) is 86.1 Å². The molecule has 0 radical (unpaired) electrons. The Bertz CT molecular complexity index is 2710. The van der Waals surface area contributed by atoms with E-state index in [0.717, 1.165) is 25.7 Å². The SMILES string of the molecule is CNC1CCN(c2cc(=O)c3nc4c(oc3c2)c2c(=O)c3c(O)c(C)c5c(c34)=C(O)[C@@](C)(O/C=C/C[C@@H](C)[C@@H](OC(C)=O)[C@H](C)C[C@H](C)C[C@@H](C)/C=C/C=C(/C)C(=O)N2)O5)CC1. The second-order valence-corrected chi connectivity index (χ2v) is 17.8. The third-order valence-corrected chi connectivity index (χ3v) is 12.7. The molecule has 62 heavy (non-hydrogen) atoms. The molecule has 6 atom stereocenters. The number of hydrogen-bond acceptors (Lipinski definition) is 13. The summed E-state index contributed by atoms with van der Waals surface area (Å²) in [6, 6.07) is 3.57. The van der Waals surface area contributed by atoms with Crippen molar-refractivity contribution in [1.29, 1.82) is 0 Å². The topological polar surface area (TPSA) is 190 Å².